The monoisotopic (exact) mass is 162 g/mol. The summed E-state index contributed by atoms with van der Waals surface area (Å²) >= 11 is 0. The quantitative estimate of drug-likeness (QED) is 0.569. The highest BCUT2D eigenvalue weighted by atomic mass is 15.2. The topological polar surface area (TPSA) is 15.6 Å². The Kier molecular flexibility index (Phi) is 2.86. The van der Waals surface area contributed by atoms with Crippen LogP contribution in [0.1, 0.15) is 13.8 Å². The Morgan fingerprint density at radius 2 is 2.42 bits per heavy atom. The van der Waals surface area contributed by atoms with E-state index >= 15 is 0 Å². The maximum absolute atomic E-state index is 4.24. The molecule has 0 aromatic carbocycles. The smallest absolute Gasteiger partial charge is 0.128 e. The van der Waals surface area contributed by atoms with E-state index in [-0.39, 0.29) is 0 Å². The van der Waals surface area contributed by atoms with Crippen LogP contribution in [0.15, 0.2) is 41.3 Å². The Morgan fingerprint density at radius 3 is 3.00 bits per heavy atom. The van der Waals surface area contributed by atoms with Crippen molar-refractivity contribution in [3.8, 4) is 0 Å². The minimum absolute atomic E-state index is 0.819. The van der Waals surface area contributed by atoms with Crippen molar-refractivity contribution in [1.29, 1.82) is 0 Å². The van der Waals surface area contributed by atoms with E-state index < -0.39 is 0 Å². The standard InChI is InChI=1S/C10H14N2/c1-4-8-12-9(3)6-7-11-10(12)5-2/h4-7H,1,8H2,2-3H3/b10-5-. The van der Waals surface area contributed by atoms with Gasteiger partial charge < -0.3 is 4.90 Å². The summed E-state index contributed by atoms with van der Waals surface area (Å²) in [7, 11) is 0. The second-order valence-corrected chi connectivity index (χ2v) is 2.63. The molecule has 1 aliphatic rings. The van der Waals surface area contributed by atoms with Gasteiger partial charge in [-0.25, -0.2) is 4.99 Å². The molecule has 0 aromatic heterocycles. The molecule has 0 amide bonds. The predicted octanol–water partition coefficient (Wildman–Crippen LogP) is 2.32. The van der Waals surface area contributed by atoms with Crippen LogP contribution in [0.3, 0.4) is 0 Å². The molecule has 0 aliphatic carbocycles. The van der Waals surface area contributed by atoms with Crippen LogP contribution in [-0.4, -0.2) is 17.7 Å². The van der Waals surface area contributed by atoms with Gasteiger partial charge in [0, 0.05) is 18.5 Å². The Labute approximate surface area is 73.6 Å². The lowest BCUT2D eigenvalue weighted by Crippen LogP contribution is -2.22. The van der Waals surface area contributed by atoms with Crippen LogP contribution < -0.4 is 0 Å². The number of allylic oxidation sites excluding steroid dienone is 3. The lowest BCUT2D eigenvalue weighted by Gasteiger charge is -2.25. The van der Waals surface area contributed by atoms with Gasteiger partial charge in [0.15, 0.2) is 0 Å². The van der Waals surface area contributed by atoms with Crippen molar-refractivity contribution in [1.82, 2.24) is 4.90 Å². The highest BCUT2D eigenvalue weighted by Crippen LogP contribution is 2.16. The second-order valence-electron chi connectivity index (χ2n) is 2.63. The molecule has 1 heterocycles. The van der Waals surface area contributed by atoms with E-state index in [9.17, 15) is 0 Å². The summed E-state index contributed by atoms with van der Waals surface area (Å²) in [6.07, 6.45) is 7.69. The fraction of sp³-hybridized carbons (Fsp3) is 0.300. The predicted molar refractivity (Wildman–Crippen MR) is 52.9 cm³/mol. The minimum atomic E-state index is 0.819. The van der Waals surface area contributed by atoms with Crippen LogP contribution in [0.2, 0.25) is 0 Å². The van der Waals surface area contributed by atoms with Crippen molar-refractivity contribution >= 4 is 6.21 Å². The molecule has 64 valence electrons. The maximum atomic E-state index is 4.24. The SMILES string of the molecule is C=CCN1C(C)=CC=N/C1=C/C. The molecular formula is C10H14N2. The molecule has 0 atom stereocenters. The van der Waals surface area contributed by atoms with Gasteiger partial charge in [0.05, 0.1) is 0 Å². The molecule has 0 fully saturated rings. The Hall–Kier alpha value is -1.31. The van der Waals surface area contributed by atoms with Gasteiger partial charge in [0.1, 0.15) is 5.82 Å². The van der Waals surface area contributed by atoms with Gasteiger partial charge in [-0.15, -0.1) is 6.58 Å². The van der Waals surface area contributed by atoms with Gasteiger partial charge in [-0.1, -0.05) is 6.08 Å². The third-order valence-corrected chi connectivity index (χ3v) is 1.79. The molecule has 2 heteroatoms. The molecule has 0 spiro atoms. The Balaban J connectivity index is 2.86. The van der Waals surface area contributed by atoms with E-state index in [2.05, 4.69) is 23.4 Å². The first-order chi connectivity index (χ1) is 5.79. The van der Waals surface area contributed by atoms with Crippen molar-refractivity contribution in [2.24, 2.45) is 4.99 Å². The zero-order valence-electron chi connectivity index (χ0n) is 7.62. The van der Waals surface area contributed by atoms with Crippen LogP contribution in [0.4, 0.5) is 0 Å². The summed E-state index contributed by atoms with van der Waals surface area (Å²) in [6, 6.07) is 0. The van der Waals surface area contributed by atoms with E-state index in [1.807, 2.05) is 31.4 Å². The van der Waals surface area contributed by atoms with Gasteiger partial charge in [-0.2, -0.15) is 0 Å². The molecule has 0 saturated heterocycles. The molecule has 0 aromatic rings. The van der Waals surface area contributed by atoms with E-state index in [1.165, 1.54) is 5.70 Å². The molecule has 1 rings (SSSR count). The maximum Gasteiger partial charge on any atom is 0.128 e. The lowest BCUT2D eigenvalue weighted by molar-refractivity contribution is 0.465. The third kappa shape index (κ3) is 1.64. The van der Waals surface area contributed by atoms with Crippen molar-refractivity contribution in [2.45, 2.75) is 13.8 Å². The van der Waals surface area contributed by atoms with Crippen LogP contribution in [0.25, 0.3) is 0 Å². The highest BCUT2D eigenvalue weighted by Gasteiger charge is 2.09. The largest absolute Gasteiger partial charge is 0.327 e. The summed E-state index contributed by atoms with van der Waals surface area (Å²) in [4.78, 5) is 6.35. The lowest BCUT2D eigenvalue weighted by atomic mass is 10.3. The Bertz CT molecular complexity index is 259. The van der Waals surface area contributed by atoms with Gasteiger partial charge >= 0.3 is 0 Å². The molecule has 0 N–H and O–H groups in total. The molecule has 12 heavy (non-hydrogen) atoms. The molecular weight excluding hydrogens is 148 g/mol. The summed E-state index contributed by atoms with van der Waals surface area (Å²) < 4.78 is 0. The van der Waals surface area contributed by atoms with Gasteiger partial charge in [0.25, 0.3) is 0 Å². The number of rotatable bonds is 2. The average Bonchev–Trinajstić information content (AvgIpc) is 2.09. The van der Waals surface area contributed by atoms with Crippen LogP contribution in [0.5, 0.6) is 0 Å². The zero-order chi connectivity index (χ0) is 8.97. The van der Waals surface area contributed by atoms with Gasteiger partial charge in [0.2, 0.25) is 0 Å². The van der Waals surface area contributed by atoms with Crippen LogP contribution >= 0.6 is 0 Å². The van der Waals surface area contributed by atoms with Gasteiger partial charge in [-0.3, -0.25) is 0 Å². The van der Waals surface area contributed by atoms with Crippen molar-refractivity contribution in [2.75, 3.05) is 6.54 Å². The molecule has 2 nitrogen and oxygen atoms in total. The first-order valence-electron chi connectivity index (χ1n) is 4.05. The first kappa shape index (κ1) is 8.78. The summed E-state index contributed by atoms with van der Waals surface area (Å²) in [5.74, 6) is 0.995. The van der Waals surface area contributed by atoms with Crippen LogP contribution in [0, 0.1) is 0 Å². The number of hydrogen-bond donors (Lipinski definition) is 0. The molecule has 0 unspecified atom stereocenters. The first-order valence-corrected chi connectivity index (χ1v) is 4.05. The summed E-state index contributed by atoms with van der Waals surface area (Å²) in [6.45, 7) is 8.58. The van der Waals surface area contributed by atoms with E-state index in [0.29, 0.717) is 0 Å². The molecule has 0 bridgehead atoms. The normalized spacial score (nSPS) is 19.7. The number of hydrogen-bond acceptors (Lipinski definition) is 2. The van der Waals surface area contributed by atoms with E-state index in [1.54, 1.807) is 0 Å². The highest BCUT2D eigenvalue weighted by molar-refractivity contribution is 5.74. The minimum Gasteiger partial charge on any atom is -0.327 e. The van der Waals surface area contributed by atoms with Crippen molar-refractivity contribution in [3.05, 3.63) is 36.3 Å². The van der Waals surface area contributed by atoms with E-state index in [4.69, 9.17) is 0 Å². The summed E-state index contributed by atoms with van der Waals surface area (Å²) in [5, 5.41) is 0. The third-order valence-electron chi connectivity index (χ3n) is 1.79. The molecule has 0 radical (unpaired) electrons. The molecule has 1 aliphatic heterocycles. The van der Waals surface area contributed by atoms with E-state index in [0.717, 1.165) is 12.4 Å². The van der Waals surface area contributed by atoms with Crippen LogP contribution in [-0.2, 0) is 0 Å². The molecule has 0 saturated carbocycles. The summed E-state index contributed by atoms with van der Waals surface area (Å²) in [5.41, 5.74) is 1.21. The number of aliphatic imine (C=N–C) groups is 1. The fourth-order valence-electron chi connectivity index (χ4n) is 1.16. The zero-order valence-corrected chi connectivity index (χ0v) is 7.62. The van der Waals surface area contributed by atoms with Crippen molar-refractivity contribution in [3.63, 3.8) is 0 Å². The second kappa shape index (κ2) is 3.90. The van der Waals surface area contributed by atoms with Gasteiger partial charge in [-0.05, 0) is 26.0 Å². The fourth-order valence-corrected chi connectivity index (χ4v) is 1.16. The Morgan fingerprint density at radius 1 is 1.67 bits per heavy atom. The number of nitrogens with zero attached hydrogens (tertiary/aromatic N) is 2. The average molecular weight is 162 g/mol. The van der Waals surface area contributed by atoms with Crippen molar-refractivity contribution < 1.29 is 0 Å².